The Bertz CT molecular complexity index is 664. The van der Waals surface area contributed by atoms with Crippen LogP contribution >= 0.6 is 0 Å². The number of carbonyl (C=O) groups excluding carboxylic acids is 2. The first kappa shape index (κ1) is 18.8. The molecule has 1 aromatic rings. The van der Waals surface area contributed by atoms with E-state index in [4.69, 9.17) is 4.74 Å². The molecule has 2 heterocycles. The molecular weight excluding hydrogens is 332 g/mol. The van der Waals surface area contributed by atoms with Crippen molar-refractivity contribution in [3.05, 3.63) is 29.6 Å². The maximum Gasteiger partial charge on any atom is 0.338 e. The number of ether oxygens (including phenoxy) is 1. The Labute approximate surface area is 154 Å². The first-order chi connectivity index (χ1) is 12.5. The molecule has 2 atom stereocenters. The molecular formula is C19H28N4O3. The van der Waals surface area contributed by atoms with Crippen molar-refractivity contribution in [1.82, 2.24) is 19.7 Å². The molecule has 142 valence electrons. The van der Waals surface area contributed by atoms with Crippen LogP contribution in [0.2, 0.25) is 0 Å². The highest BCUT2D eigenvalue weighted by Gasteiger charge is 2.47. The van der Waals surface area contributed by atoms with E-state index in [0.29, 0.717) is 37.2 Å². The summed E-state index contributed by atoms with van der Waals surface area (Å²) in [7, 11) is 4.06. The number of pyridine rings is 1. The molecule has 1 amide bonds. The standard InChI is InChI=1S/C19H28N4O3/c1-4-26-19(25)14-5-6-20-16(9-14)12-22-11-15-10-17(15)23(18(24)13-22)8-7-21(2)3/h5-6,9,15,17H,4,7-8,10-13H2,1-3H3. The van der Waals surface area contributed by atoms with Gasteiger partial charge in [0.2, 0.25) is 5.91 Å². The molecule has 26 heavy (non-hydrogen) atoms. The second-order valence-corrected chi connectivity index (χ2v) is 7.38. The van der Waals surface area contributed by atoms with E-state index in [2.05, 4.69) is 14.8 Å². The fourth-order valence-electron chi connectivity index (χ4n) is 3.53. The van der Waals surface area contributed by atoms with Crippen LogP contribution in [0.25, 0.3) is 0 Å². The van der Waals surface area contributed by atoms with Crippen LogP contribution in [0.15, 0.2) is 18.3 Å². The van der Waals surface area contributed by atoms with Gasteiger partial charge in [-0.15, -0.1) is 0 Å². The summed E-state index contributed by atoms with van der Waals surface area (Å²) in [6.07, 6.45) is 2.72. The summed E-state index contributed by atoms with van der Waals surface area (Å²) in [5, 5.41) is 0. The van der Waals surface area contributed by atoms with Gasteiger partial charge in [-0.1, -0.05) is 0 Å². The molecule has 0 aromatic carbocycles. The Morgan fingerprint density at radius 2 is 2.23 bits per heavy atom. The van der Waals surface area contributed by atoms with Crippen LogP contribution in [-0.2, 0) is 16.1 Å². The SMILES string of the molecule is CCOC(=O)c1ccnc(CN2CC(=O)N(CCN(C)C)C3CC3C2)c1. The van der Waals surface area contributed by atoms with Crippen molar-refractivity contribution in [3.63, 3.8) is 0 Å². The Morgan fingerprint density at radius 1 is 1.42 bits per heavy atom. The fraction of sp³-hybridized carbons (Fsp3) is 0.632. The maximum absolute atomic E-state index is 12.7. The summed E-state index contributed by atoms with van der Waals surface area (Å²) >= 11 is 0. The molecule has 2 fully saturated rings. The minimum Gasteiger partial charge on any atom is -0.462 e. The number of likely N-dealkylation sites (N-methyl/N-ethyl adjacent to an activating group) is 1. The minimum atomic E-state index is -0.333. The quantitative estimate of drug-likeness (QED) is 0.672. The van der Waals surface area contributed by atoms with Gasteiger partial charge in [-0.25, -0.2) is 4.79 Å². The van der Waals surface area contributed by atoms with Crippen LogP contribution in [0.1, 0.15) is 29.4 Å². The van der Waals surface area contributed by atoms with Crippen molar-refractivity contribution in [3.8, 4) is 0 Å². The van der Waals surface area contributed by atoms with E-state index in [0.717, 1.165) is 31.7 Å². The van der Waals surface area contributed by atoms with E-state index in [1.54, 1.807) is 25.3 Å². The van der Waals surface area contributed by atoms with Gasteiger partial charge in [-0.2, -0.15) is 0 Å². The molecule has 7 nitrogen and oxygen atoms in total. The van der Waals surface area contributed by atoms with E-state index in [9.17, 15) is 9.59 Å². The second-order valence-electron chi connectivity index (χ2n) is 7.38. The summed E-state index contributed by atoms with van der Waals surface area (Å²) in [4.78, 5) is 35.3. The number of fused-ring (bicyclic) bond motifs is 1. The van der Waals surface area contributed by atoms with Crippen LogP contribution in [-0.4, -0.2) is 84.5 Å². The zero-order valence-corrected chi connectivity index (χ0v) is 15.9. The zero-order chi connectivity index (χ0) is 18.7. The van der Waals surface area contributed by atoms with Crippen molar-refractivity contribution in [1.29, 1.82) is 0 Å². The Kier molecular flexibility index (Phi) is 5.88. The monoisotopic (exact) mass is 360 g/mol. The first-order valence-corrected chi connectivity index (χ1v) is 9.26. The molecule has 1 saturated heterocycles. The smallest absolute Gasteiger partial charge is 0.338 e. The number of hydrogen-bond acceptors (Lipinski definition) is 6. The van der Waals surface area contributed by atoms with Gasteiger partial charge in [0.25, 0.3) is 0 Å². The van der Waals surface area contributed by atoms with Gasteiger partial charge < -0.3 is 14.5 Å². The minimum absolute atomic E-state index is 0.193. The van der Waals surface area contributed by atoms with E-state index < -0.39 is 0 Å². The lowest BCUT2D eigenvalue weighted by Crippen LogP contribution is -2.41. The predicted octanol–water partition coefficient (Wildman–Crippen LogP) is 0.853. The number of nitrogens with zero attached hydrogens (tertiary/aromatic N) is 4. The second kappa shape index (κ2) is 8.14. The van der Waals surface area contributed by atoms with Gasteiger partial charge in [0.15, 0.2) is 0 Å². The number of rotatable bonds is 7. The molecule has 1 aliphatic heterocycles. The van der Waals surface area contributed by atoms with Crippen molar-refractivity contribution < 1.29 is 14.3 Å². The lowest BCUT2D eigenvalue weighted by atomic mass is 10.2. The van der Waals surface area contributed by atoms with Crippen LogP contribution in [0.4, 0.5) is 0 Å². The summed E-state index contributed by atoms with van der Waals surface area (Å²) in [6.45, 7) is 5.70. The van der Waals surface area contributed by atoms with Gasteiger partial charge in [0, 0.05) is 38.4 Å². The molecule has 1 aliphatic carbocycles. The summed E-state index contributed by atoms with van der Waals surface area (Å²) in [5.41, 5.74) is 1.30. The molecule has 2 aliphatic rings. The Morgan fingerprint density at radius 3 is 2.96 bits per heavy atom. The van der Waals surface area contributed by atoms with Crippen molar-refractivity contribution in [2.45, 2.75) is 25.9 Å². The molecule has 1 aromatic heterocycles. The van der Waals surface area contributed by atoms with Gasteiger partial charge >= 0.3 is 5.97 Å². The van der Waals surface area contributed by atoms with Gasteiger partial charge in [0.1, 0.15) is 0 Å². The highest BCUT2D eigenvalue weighted by molar-refractivity contribution is 5.89. The zero-order valence-electron chi connectivity index (χ0n) is 15.9. The van der Waals surface area contributed by atoms with Crippen molar-refractivity contribution in [2.24, 2.45) is 5.92 Å². The van der Waals surface area contributed by atoms with Crippen molar-refractivity contribution >= 4 is 11.9 Å². The van der Waals surface area contributed by atoms with Gasteiger partial charge in [-0.05, 0) is 45.5 Å². The molecule has 1 saturated carbocycles. The molecule has 7 heteroatoms. The number of esters is 1. The lowest BCUT2D eigenvalue weighted by Gasteiger charge is -2.25. The van der Waals surface area contributed by atoms with E-state index in [1.807, 2.05) is 19.0 Å². The average Bonchev–Trinajstić information content (AvgIpc) is 3.34. The highest BCUT2D eigenvalue weighted by Crippen LogP contribution is 2.38. The first-order valence-electron chi connectivity index (χ1n) is 9.26. The van der Waals surface area contributed by atoms with E-state index in [-0.39, 0.29) is 11.9 Å². The molecule has 2 unspecified atom stereocenters. The number of aromatic nitrogens is 1. The summed E-state index contributed by atoms with van der Waals surface area (Å²) in [5.74, 6) is 0.412. The number of amides is 1. The van der Waals surface area contributed by atoms with Crippen molar-refractivity contribution in [2.75, 3.05) is 46.9 Å². The Hall–Kier alpha value is -1.99. The molecule has 0 spiro atoms. The third kappa shape index (κ3) is 4.59. The number of carbonyl (C=O) groups is 2. The normalized spacial score (nSPS) is 22.9. The van der Waals surface area contributed by atoms with Crippen LogP contribution in [0.3, 0.4) is 0 Å². The third-order valence-electron chi connectivity index (χ3n) is 4.96. The molecule has 0 bridgehead atoms. The van der Waals surface area contributed by atoms with Crippen LogP contribution < -0.4 is 0 Å². The Balaban J connectivity index is 1.63. The molecule has 0 radical (unpaired) electrons. The highest BCUT2D eigenvalue weighted by atomic mass is 16.5. The van der Waals surface area contributed by atoms with Gasteiger partial charge in [-0.3, -0.25) is 14.7 Å². The van der Waals surface area contributed by atoms with Crippen LogP contribution in [0, 0.1) is 5.92 Å². The predicted molar refractivity (Wildman–Crippen MR) is 97.6 cm³/mol. The molecule has 3 rings (SSSR count). The van der Waals surface area contributed by atoms with Gasteiger partial charge in [0.05, 0.1) is 24.4 Å². The lowest BCUT2D eigenvalue weighted by molar-refractivity contribution is -0.132. The maximum atomic E-state index is 12.7. The topological polar surface area (TPSA) is 66.0 Å². The third-order valence-corrected chi connectivity index (χ3v) is 4.96. The summed E-state index contributed by atoms with van der Waals surface area (Å²) < 4.78 is 5.05. The molecule has 0 N–H and O–H groups in total. The fourth-order valence-corrected chi connectivity index (χ4v) is 3.53. The van der Waals surface area contributed by atoms with E-state index in [1.165, 1.54) is 0 Å². The average molecular weight is 360 g/mol. The summed E-state index contributed by atoms with van der Waals surface area (Å²) in [6, 6.07) is 3.82. The van der Waals surface area contributed by atoms with E-state index >= 15 is 0 Å². The van der Waals surface area contributed by atoms with Crippen LogP contribution in [0.5, 0.6) is 0 Å². The number of hydrogen-bond donors (Lipinski definition) is 0. The largest absolute Gasteiger partial charge is 0.462 e.